The molecular weight excluding hydrogens is 122 g/mol. The molecule has 0 aromatic heterocycles. The lowest BCUT2D eigenvalue weighted by atomic mass is 10.0. The number of para-hydroxylation sites is 1. The van der Waals surface area contributed by atoms with Crippen molar-refractivity contribution in [1.29, 1.82) is 0 Å². The third-order valence-corrected chi connectivity index (χ3v) is 1.87. The summed E-state index contributed by atoms with van der Waals surface area (Å²) in [6.45, 7) is 6.66. The lowest BCUT2D eigenvalue weighted by Crippen LogP contribution is -1.96. The zero-order chi connectivity index (χ0) is 6.97. The second-order valence-corrected chi connectivity index (χ2v) is 2.57. The minimum absolute atomic E-state index is 0.191. The van der Waals surface area contributed by atoms with Crippen LogP contribution in [0.4, 0.5) is 5.69 Å². The quantitative estimate of drug-likeness (QED) is 0.567. The summed E-state index contributed by atoms with van der Waals surface area (Å²) in [7, 11) is 0. The summed E-state index contributed by atoms with van der Waals surface area (Å²) in [5.74, 6) is 0.191. The van der Waals surface area contributed by atoms with Crippen molar-refractivity contribution in [2.45, 2.75) is 5.92 Å². The van der Waals surface area contributed by atoms with Crippen LogP contribution in [0, 0.1) is 6.92 Å². The van der Waals surface area contributed by atoms with Gasteiger partial charge in [0.2, 0.25) is 0 Å². The van der Waals surface area contributed by atoms with Gasteiger partial charge in [-0.2, -0.15) is 0 Å². The van der Waals surface area contributed by atoms with Gasteiger partial charge in [0.25, 0.3) is 0 Å². The zero-order valence-corrected chi connectivity index (χ0v) is 5.67. The highest BCUT2D eigenvalue weighted by molar-refractivity contribution is 5.57. The van der Waals surface area contributed by atoms with E-state index in [1.54, 1.807) is 0 Å². The maximum atomic E-state index is 5.78. The van der Waals surface area contributed by atoms with E-state index in [1.165, 1.54) is 11.3 Å². The summed E-state index contributed by atoms with van der Waals surface area (Å²) < 4.78 is 0. The fourth-order valence-corrected chi connectivity index (χ4v) is 1.31. The monoisotopic (exact) mass is 131 g/mol. The van der Waals surface area contributed by atoms with Crippen molar-refractivity contribution < 1.29 is 0 Å². The molecule has 1 aliphatic heterocycles. The number of rotatable bonds is 0. The summed E-state index contributed by atoms with van der Waals surface area (Å²) in [6.07, 6.45) is 0. The summed E-state index contributed by atoms with van der Waals surface area (Å²) in [5.41, 5.74) is 2.43. The van der Waals surface area contributed by atoms with E-state index in [0.717, 1.165) is 6.54 Å². The van der Waals surface area contributed by atoms with Gasteiger partial charge < -0.3 is 5.32 Å². The maximum Gasteiger partial charge on any atom is 0.0376 e. The summed E-state index contributed by atoms with van der Waals surface area (Å²) in [6, 6.07) is 8.16. The molecule has 1 heterocycles. The third kappa shape index (κ3) is 0.703. The van der Waals surface area contributed by atoms with Crippen LogP contribution in [-0.2, 0) is 0 Å². The highest BCUT2D eigenvalue weighted by Crippen LogP contribution is 2.29. The van der Waals surface area contributed by atoms with Crippen LogP contribution >= 0.6 is 0 Å². The molecule has 1 heteroatoms. The van der Waals surface area contributed by atoms with Gasteiger partial charge in [0.1, 0.15) is 0 Å². The molecule has 1 atom stereocenters. The lowest BCUT2D eigenvalue weighted by molar-refractivity contribution is 0.946. The Bertz CT molecular complexity index is 242. The van der Waals surface area contributed by atoms with Crippen molar-refractivity contribution in [3.05, 3.63) is 36.8 Å². The number of hydrogen-bond acceptors (Lipinski definition) is 1. The van der Waals surface area contributed by atoms with E-state index in [1.807, 2.05) is 12.1 Å². The van der Waals surface area contributed by atoms with E-state index in [0.29, 0.717) is 0 Å². The molecule has 10 heavy (non-hydrogen) atoms. The molecule has 0 aliphatic carbocycles. The van der Waals surface area contributed by atoms with Gasteiger partial charge in [-0.05, 0) is 18.6 Å². The van der Waals surface area contributed by atoms with Crippen molar-refractivity contribution in [3.63, 3.8) is 0 Å². The number of anilines is 1. The van der Waals surface area contributed by atoms with E-state index in [2.05, 4.69) is 17.4 Å². The van der Waals surface area contributed by atoms with Gasteiger partial charge in [0.05, 0.1) is 0 Å². The van der Waals surface area contributed by atoms with Crippen LogP contribution in [-0.4, -0.2) is 6.54 Å². The summed E-state index contributed by atoms with van der Waals surface area (Å²) in [4.78, 5) is 0. The molecule has 2 rings (SSSR count). The molecule has 1 aliphatic rings. The molecule has 0 fully saturated rings. The van der Waals surface area contributed by atoms with Gasteiger partial charge in [-0.25, -0.2) is 0 Å². The molecule has 0 saturated heterocycles. The first kappa shape index (κ1) is 5.78. The van der Waals surface area contributed by atoms with Gasteiger partial charge in [-0.1, -0.05) is 18.2 Å². The highest BCUT2D eigenvalue weighted by Gasteiger charge is 2.15. The van der Waals surface area contributed by atoms with Crippen LogP contribution in [0.25, 0.3) is 0 Å². The number of fused-ring (bicyclic) bond motifs is 1. The molecule has 0 saturated carbocycles. The van der Waals surface area contributed by atoms with E-state index >= 15 is 0 Å². The standard InChI is InChI=1S/C9H9N/c1-7-6-10-9-5-3-2-4-8(7)9/h1-5,7,10H,6H2. The molecule has 0 spiro atoms. The molecule has 1 aromatic carbocycles. The SMILES string of the molecule is [CH]C1CNc2ccccc21. The third-order valence-electron chi connectivity index (χ3n) is 1.87. The molecule has 0 amide bonds. The van der Waals surface area contributed by atoms with E-state index in [9.17, 15) is 0 Å². The first-order valence-corrected chi connectivity index (χ1v) is 3.46. The first-order chi connectivity index (χ1) is 4.88. The van der Waals surface area contributed by atoms with Crippen molar-refractivity contribution in [1.82, 2.24) is 0 Å². The number of benzene rings is 1. The van der Waals surface area contributed by atoms with Gasteiger partial charge in [-0.15, -0.1) is 0 Å². The van der Waals surface area contributed by atoms with E-state index in [-0.39, 0.29) is 5.92 Å². The number of hydrogen-bond donors (Lipinski definition) is 1. The fourth-order valence-electron chi connectivity index (χ4n) is 1.31. The molecule has 0 bridgehead atoms. The van der Waals surface area contributed by atoms with Crippen LogP contribution in [0.2, 0.25) is 0 Å². The Morgan fingerprint density at radius 1 is 1.40 bits per heavy atom. The second-order valence-electron chi connectivity index (χ2n) is 2.57. The summed E-state index contributed by atoms with van der Waals surface area (Å²) in [5, 5.41) is 3.22. The Balaban J connectivity index is 2.51. The molecule has 1 unspecified atom stereocenters. The van der Waals surface area contributed by atoms with Gasteiger partial charge >= 0.3 is 0 Å². The Labute approximate surface area is 61.1 Å². The fraction of sp³-hybridized carbons (Fsp3) is 0.222. The molecule has 50 valence electrons. The van der Waals surface area contributed by atoms with E-state index in [4.69, 9.17) is 6.92 Å². The Hall–Kier alpha value is -0.980. The molecule has 1 N–H and O–H groups in total. The zero-order valence-electron chi connectivity index (χ0n) is 5.67. The van der Waals surface area contributed by atoms with Crippen LogP contribution in [0.1, 0.15) is 11.5 Å². The average molecular weight is 131 g/mol. The Kier molecular flexibility index (Phi) is 1.16. The van der Waals surface area contributed by atoms with Crippen molar-refractivity contribution in [3.8, 4) is 0 Å². The predicted octanol–water partition coefficient (Wildman–Crippen LogP) is 1.91. The normalized spacial score (nSPS) is 21.9. The molecule has 1 aromatic rings. The average Bonchev–Trinajstić information content (AvgIpc) is 2.34. The maximum absolute atomic E-state index is 5.78. The topological polar surface area (TPSA) is 12.0 Å². The Morgan fingerprint density at radius 2 is 2.20 bits per heavy atom. The van der Waals surface area contributed by atoms with Gasteiger partial charge in [0, 0.05) is 18.2 Å². The van der Waals surface area contributed by atoms with Crippen LogP contribution < -0.4 is 5.32 Å². The first-order valence-electron chi connectivity index (χ1n) is 3.46. The van der Waals surface area contributed by atoms with Crippen molar-refractivity contribution in [2.24, 2.45) is 0 Å². The Morgan fingerprint density at radius 3 is 3.00 bits per heavy atom. The van der Waals surface area contributed by atoms with E-state index < -0.39 is 0 Å². The van der Waals surface area contributed by atoms with Crippen molar-refractivity contribution in [2.75, 3.05) is 11.9 Å². The predicted molar refractivity (Wildman–Crippen MR) is 42.0 cm³/mol. The van der Waals surface area contributed by atoms with Crippen LogP contribution in [0.5, 0.6) is 0 Å². The molecule has 1 nitrogen and oxygen atoms in total. The van der Waals surface area contributed by atoms with Gasteiger partial charge in [-0.3, -0.25) is 0 Å². The van der Waals surface area contributed by atoms with Crippen LogP contribution in [0.3, 0.4) is 0 Å². The van der Waals surface area contributed by atoms with Crippen molar-refractivity contribution >= 4 is 5.69 Å². The highest BCUT2D eigenvalue weighted by atomic mass is 14.9. The van der Waals surface area contributed by atoms with Gasteiger partial charge in [0.15, 0.2) is 0 Å². The minimum atomic E-state index is 0.191. The lowest BCUT2D eigenvalue weighted by Gasteiger charge is -1.98. The largest absolute Gasteiger partial charge is 0.384 e. The van der Waals surface area contributed by atoms with Crippen LogP contribution in [0.15, 0.2) is 24.3 Å². The molecule has 2 radical (unpaired) electrons. The smallest absolute Gasteiger partial charge is 0.0376 e. The minimum Gasteiger partial charge on any atom is -0.384 e. The number of nitrogens with one attached hydrogen (secondary N) is 1. The second kappa shape index (κ2) is 2.01. The molecular formula is C9H9N. The summed E-state index contributed by atoms with van der Waals surface area (Å²) >= 11 is 0.